The fraction of sp³-hybridized carbons (Fsp3) is 0.571. The Bertz CT molecular complexity index is 403. The third kappa shape index (κ3) is 4.43. The number of nitrogens with zero attached hydrogens (tertiary/aromatic N) is 1. The van der Waals surface area contributed by atoms with Crippen LogP contribution < -0.4 is 5.73 Å². The molecule has 0 fully saturated rings. The summed E-state index contributed by atoms with van der Waals surface area (Å²) in [5.41, 5.74) is 7.04. The first kappa shape index (κ1) is 16.9. The zero-order chi connectivity index (χ0) is 14.4. The molecule has 2 unspecified atom stereocenters. The van der Waals surface area contributed by atoms with Crippen LogP contribution >= 0.6 is 27.5 Å². The van der Waals surface area contributed by atoms with Crippen molar-refractivity contribution in [1.82, 2.24) is 4.90 Å². The smallest absolute Gasteiger partial charge is 0.0615 e. The van der Waals surface area contributed by atoms with Gasteiger partial charge < -0.3 is 10.5 Å². The quantitative estimate of drug-likeness (QED) is 0.819. The van der Waals surface area contributed by atoms with Crippen molar-refractivity contribution in [2.75, 3.05) is 26.8 Å². The van der Waals surface area contributed by atoms with Crippen LogP contribution in [0.25, 0.3) is 0 Å². The fourth-order valence-electron chi connectivity index (χ4n) is 2.39. The van der Waals surface area contributed by atoms with E-state index in [1.54, 1.807) is 7.11 Å². The largest absolute Gasteiger partial charge is 0.383 e. The number of hydrogen-bond donors (Lipinski definition) is 1. The molecule has 2 N–H and O–H groups in total. The van der Waals surface area contributed by atoms with Crippen molar-refractivity contribution >= 4 is 27.5 Å². The Balaban J connectivity index is 3.02. The van der Waals surface area contributed by atoms with Gasteiger partial charge in [-0.1, -0.05) is 40.5 Å². The molecule has 108 valence electrons. The number of ether oxygens (including phenoxy) is 1. The Hall–Kier alpha value is -0.130. The van der Waals surface area contributed by atoms with Crippen molar-refractivity contribution in [1.29, 1.82) is 0 Å². The topological polar surface area (TPSA) is 38.5 Å². The molecule has 1 rings (SSSR count). The van der Waals surface area contributed by atoms with E-state index in [2.05, 4.69) is 34.7 Å². The molecule has 0 aliphatic rings. The first-order valence-electron chi connectivity index (χ1n) is 6.44. The minimum Gasteiger partial charge on any atom is -0.383 e. The summed E-state index contributed by atoms with van der Waals surface area (Å²) in [5.74, 6) is 0. The summed E-state index contributed by atoms with van der Waals surface area (Å²) in [7, 11) is 1.72. The Morgan fingerprint density at radius 1 is 1.47 bits per heavy atom. The van der Waals surface area contributed by atoms with Crippen LogP contribution in [0.4, 0.5) is 0 Å². The van der Waals surface area contributed by atoms with Crippen LogP contribution in [0.1, 0.15) is 25.5 Å². The molecule has 0 amide bonds. The number of likely N-dealkylation sites (N-methyl/N-ethyl adjacent to an activating group) is 1. The molecule has 3 nitrogen and oxygen atoms in total. The predicted octanol–water partition coefficient (Wildman–Crippen LogP) is 3.46. The van der Waals surface area contributed by atoms with Gasteiger partial charge in [-0.15, -0.1) is 0 Å². The highest BCUT2D eigenvalue weighted by molar-refractivity contribution is 9.10. The molecule has 0 aliphatic carbocycles. The first-order valence-corrected chi connectivity index (χ1v) is 7.61. The molecular formula is C14H22BrClN2O. The van der Waals surface area contributed by atoms with E-state index >= 15 is 0 Å². The maximum absolute atomic E-state index is 6.34. The van der Waals surface area contributed by atoms with Gasteiger partial charge in [0, 0.05) is 35.2 Å². The third-order valence-corrected chi connectivity index (χ3v) is 4.10. The number of nitrogens with two attached hydrogens (primary N) is 1. The van der Waals surface area contributed by atoms with Crippen LogP contribution in [-0.4, -0.2) is 37.7 Å². The Labute approximate surface area is 129 Å². The van der Waals surface area contributed by atoms with Gasteiger partial charge >= 0.3 is 0 Å². The van der Waals surface area contributed by atoms with Crippen LogP contribution in [0.5, 0.6) is 0 Å². The Morgan fingerprint density at radius 2 is 2.16 bits per heavy atom. The summed E-state index contributed by atoms with van der Waals surface area (Å²) in [6.07, 6.45) is 0. The lowest BCUT2D eigenvalue weighted by atomic mass is 10.0. The molecule has 0 aliphatic heterocycles. The van der Waals surface area contributed by atoms with Crippen molar-refractivity contribution in [3.63, 3.8) is 0 Å². The van der Waals surface area contributed by atoms with Gasteiger partial charge in [0.1, 0.15) is 0 Å². The van der Waals surface area contributed by atoms with Gasteiger partial charge in [-0.25, -0.2) is 0 Å². The molecule has 19 heavy (non-hydrogen) atoms. The summed E-state index contributed by atoms with van der Waals surface area (Å²) in [4.78, 5) is 2.32. The average Bonchev–Trinajstić information content (AvgIpc) is 2.37. The number of halogens is 2. The first-order chi connectivity index (χ1) is 9.04. The number of hydrogen-bond acceptors (Lipinski definition) is 3. The van der Waals surface area contributed by atoms with Crippen molar-refractivity contribution in [3.8, 4) is 0 Å². The summed E-state index contributed by atoms with van der Waals surface area (Å²) < 4.78 is 6.22. The molecule has 0 spiro atoms. The zero-order valence-electron chi connectivity index (χ0n) is 11.7. The standard InChI is InChI=1S/C14H22BrClN2O/c1-4-18(10(2)9-19-3)14(8-17)12-6-5-11(15)7-13(12)16/h5-7,10,14H,4,8-9,17H2,1-3H3. The highest BCUT2D eigenvalue weighted by atomic mass is 79.9. The van der Waals surface area contributed by atoms with Crippen LogP contribution in [0.15, 0.2) is 22.7 Å². The fourth-order valence-corrected chi connectivity index (χ4v) is 3.19. The minimum absolute atomic E-state index is 0.107. The van der Waals surface area contributed by atoms with Crippen LogP contribution in [0.2, 0.25) is 5.02 Å². The second kappa shape index (κ2) is 8.22. The van der Waals surface area contributed by atoms with E-state index in [1.807, 2.05) is 18.2 Å². The molecule has 0 saturated carbocycles. The third-order valence-electron chi connectivity index (χ3n) is 3.28. The molecule has 0 saturated heterocycles. The Kier molecular flexibility index (Phi) is 7.32. The van der Waals surface area contributed by atoms with Gasteiger partial charge in [-0.3, -0.25) is 4.90 Å². The van der Waals surface area contributed by atoms with Crippen LogP contribution in [0, 0.1) is 0 Å². The number of rotatable bonds is 7. The van der Waals surface area contributed by atoms with Crippen LogP contribution in [0.3, 0.4) is 0 Å². The summed E-state index contributed by atoms with van der Waals surface area (Å²) >= 11 is 9.77. The van der Waals surface area contributed by atoms with Gasteiger partial charge in [-0.05, 0) is 31.2 Å². The molecule has 2 atom stereocenters. The zero-order valence-corrected chi connectivity index (χ0v) is 14.0. The maximum Gasteiger partial charge on any atom is 0.0615 e. The minimum atomic E-state index is 0.107. The van der Waals surface area contributed by atoms with Crippen molar-refractivity contribution < 1.29 is 4.74 Å². The van der Waals surface area contributed by atoms with Crippen molar-refractivity contribution in [3.05, 3.63) is 33.3 Å². The molecule has 5 heteroatoms. The highest BCUT2D eigenvalue weighted by Gasteiger charge is 2.24. The van der Waals surface area contributed by atoms with E-state index < -0.39 is 0 Å². The molecule has 1 aromatic rings. The van der Waals surface area contributed by atoms with Gasteiger partial charge in [0.15, 0.2) is 0 Å². The molecule has 0 bridgehead atoms. The number of benzene rings is 1. The lowest BCUT2D eigenvalue weighted by Gasteiger charge is -2.35. The van der Waals surface area contributed by atoms with E-state index in [-0.39, 0.29) is 6.04 Å². The monoisotopic (exact) mass is 348 g/mol. The van der Waals surface area contributed by atoms with Gasteiger partial charge in [-0.2, -0.15) is 0 Å². The molecule has 0 radical (unpaired) electrons. The number of methoxy groups -OCH3 is 1. The molecule has 1 aromatic carbocycles. The molecular weight excluding hydrogens is 328 g/mol. The SMILES string of the molecule is CCN(C(C)COC)C(CN)c1ccc(Br)cc1Cl. The predicted molar refractivity (Wildman–Crippen MR) is 84.7 cm³/mol. The lowest BCUT2D eigenvalue weighted by molar-refractivity contribution is 0.0751. The van der Waals surface area contributed by atoms with Gasteiger partial charge in [0.05, 0.1) is 6.61 Å². The van der Waals surface area contributed by atoms with E-state index in [9.17, 15) is 0 Å². The molecule has 0 aromatic heterocycles. The Morgan fingerprint density at radius 3 is 2.63 bits per heavy atom. The second-order valence-corrected chi connectivity index (χ2v) is 5.88. The van der Waals surface area contributed by atoms with Crippen LogP contribution in [-0.2, 0) is 4.74 Å². The normalized spacial score (nSPS) is 14.7. The van der Waals surface area contributed by atoms with E-state index in [0.717, 1.165) is 21.6 Å². The second-order valence-electron chi connectivity index (χ2n) is 4.55. The van der Waals surface area contributed by atoms with Crippen molar-refractivity contribution in [2.24, 2.45) is 5.73 Å². The highest BCUT2D eigenvalue weighted by Crippen LogP contribution is 2.30. The van der Waals surface area contributed by atoms with Crippen molar-refractivity contribution in [2.45, 2.75) is 25.9 Å². The van der Waals surface area contributed by atoms with Gasteiger partial charge in [0.25, 0.3) is 0 Å². The van der Waals surface area contributed by atoms with Gasteiger partial charge in [0.2, 0.25) is 0 Å². The van der Waals surface area contributed by atoms with E-state index in [4.69, 9.17) is 22.1 Å². The molecule has 0 heterocycles. The average molecular weight is 350 g/mol. The lowest BCUT2D eigenvalue weighted by Crippen LogP contribution is -2.42. The van der Waals surface area contributed by atoms with E-state index in [0.29, 0.717) is 19.2 Å². The summed E-state index contributed by atoms with van der Waals surface area (Å²) in [6, 6.07) is 6.35. The van der Waals surface area contributed by atoms with E-state index in [1.165, 1.54) is 0 Å². The maximum atomic E-state index is 6.34. The summed E-state index contributed by atoms with van der Waals surface area (Å²) in [6.45, 7) is 6.38. The summed E-state index contributed by atoms with van der Waals surface area (Å²) in [5, 5.41) is 0.743.